The fraction of sp³-hybridized carbons (Fsp3) is 0.292. The Morgan fingerprint density at radius 3 is 2.94 bits per heavy atom. The quantitative estimate of drug-likeness (QED) is 0.415. The van der Waals surface area contributed by atoms with Crippen molar-refractivity contribution < 1.29 is 4.79 Å². The number of ketones is 1. The van der Waals surface area contributed by atoms with E-state index in [1.807, 2.05) is 47.3 Å². The molecule has 8 heteroatoms. The largest absolute Gasteiger partial charge is 0.354 e. The summed E-state index contributed by atoms with van der Waals surface area (Å²) in [7, 11) is 0. The number of Topliss-reactive ketones (excluding diaryl/α,β-unsaturated/α-hetero) is 1. The van der Waals surface area contributed by atoms with Gasteiger partial charge in [-0.15, -0.1) is 0 Å². The van der Waals surface area contributed by atoms with Crippen molar-refractivity contribution in [3.05, 3.63) is 75.8 Å². The minimum atomic E-state index is -0.413. The summed E-state index contributed by atoms with van der Waals surface area (Å²) in [5.41, 5.74) is 4.39. The molecule has 0 fully saturated rings. The van der Waals surface area contributed by atoms with Crippen LogP contribution in [0.3, 0.4) is 0 Å². The number of pyridine rings is 1. The minimum absolute atomic E-state index is 0.153. The van der Waals surface area contributed by atoms with Crippen LogP contribution in [-0.4, -0.2) is 37.1 Å². The third kappa shape index (κ3) is 4.02. The highest BCUT2D eigenvalue weighted by Crippen LogP contribution is 2.39. The zero-order valence-corrected chi connectivity index (χ0v) is 19.3. The van der Waals surface area contributed by atoms with Crippen LogP contribution in [-0.2, 0) is 24.2 Å². The second-order valence-corrected chi connectivity index (χ2v) is 8.89. The zero-order chi connectivity index (χ0) is 22.1. The van der Waals surface area contributed by atoms with E-state index in [0.29, 0.717) is 24.6 Å². The summed E-state index contributed by atoms with van der Waals surface area (Å²) in [6.45, 7) is 3.54. The van der Waals surface area contributed by atoms with Crippen molar-refractivity contribution in [1.29, 1.82) is 0 Å². The lowest BCUT2D eigenvalue weighted by Gasteiger charge is -2.13. The molecule has 5 rings (SSSR count). The first-order valence-electron chi connectivity index (χ1n) is 10.8. The fourth-order valence-corrected chi connectivity index (χ4v) is 4.60. The van der Waals surface area contributed by atoms with E-state index in [4.69, 9.17) is 4.98 Å². The van der Waals surface area contributed by atoms with Gasteiger partial charge in [-0.05, 0) is 41.8 Å². The number of nitrogens with one attached hydrogen (secondary N) is 1. The number of benzene rings is 1. The molecule has 0 spiro atoms. The van der Waals surface area contributed by atoms with E-state index in [9.17, 15) is 4.79 Å². The van der Waals surface area contributed by atoms with Gasteiger partial charge in [0.2, 0.25) is 5.95 Å². The smallest absolute Gasteiger partial charge is 0.225 e. The lowest BCUT2D eigenvalue weighted by atomic mass is 9.95. The highest BCUT2D eigenvalue weighted by molar-refractivity contribution is 9.10. The first-order valence-corrected chi connectivity index (χ1v) is 11.6. The lowest BCUT2D eigenvalue weighted by molar-refractivity contribution is -0.118. The van der Waals surface area contributed by atoms with Gasteiger partial charge in [-0.1, -0.05) is 35.0 Å². The van der Waals surface area contributed by atoms with Crippen LogP contribution in [0.2, 0.25) is 0 Å². The average molecular weight is 491 g/mol. The van der Waals surface area contributed by atoms with E-state index in [1.165, 1.54) is 0 Å². The van der Waals surface area contributed by atoms with Gasteiger partial charge in [-0.2, -0.15) is 10.1 Å². The van der Waals surface area contributed by atoms with Gasteiger partial charge in [0.05, 0.1) is 17.0 Å². The monoisotopic (exact) mass is 490 g/mol. The molecule has 32 heavy (non-hydrogen) atoms. The molecule has 1 aliphatic carbocycles. The van der Waals surface area contributed by atoms with Gasteiger partial charge in [0.1, 0.15) is 0 Å². The number of nitrogens with zero attached hydrogens (tertiary/aromatic N) is 5. The van der Waals surface area contributed by atoms with Gasteiger partial charge in [-0.3, -0.25) is 14.5 Å². The van der Waals surface area contributed by atoms with Crippen LogP contribution < -0.4 is 5.32 Å². The Morgan fingerprint density at radius 2 is 2.12 bits per heavy atom. The molecule has 0 saturated carbocycles. The molecule has 1 N–H and O–H groups in total. The Balaban J connectivity index is 1.53. The molecule has 1 unspecified atom stereocenters. The van der Waals surface area contributed by atoms with Gasteiger partial charge in [0.15, 0.2) is 11.4 Å². The van der Waals surface area contributed by atoms with Crippen molar-refractivity contribution in [2.45, 2.75) is 38.6 Å². The Bertz CT molecular complexity index is 1290. The molecule has 3 heterocycles. The summed E-state index contributed by atoms with van der Waals surface area (Å²) in [4.78, 5) is 26.9. The van der Waals surface area contributed by atoms with E-state index < -0.39 is 5.92 Å². The number of fused-ring (bicyclic) bond motifs is 2. The Kier molecular flexibility index (Phi) is 5.70. The number of carbonyl (C=O) groups excluding carboxylic acids is 1. The molecular formula is C24H23BrN6O. The zero-order valence-electron chi connectivity index (χ0n) is 17.8. The molecule has 4 aromatic rings. The maximum atomic E-state index is 13.1. The number of rotatable bonds is 7. The average Bonchev–Trinajstić information content (AvgIpc) is 3.33. The maximum absolute atomic E-state index is 13.1. The third-order valence-corrected chi connectivity index (χ3v) is 6.17. The number of hydrogen-bond acceptors (Lipinski definition) is 6. The second kappa shape index (κ2) is 8.78. The first-order chi connectivity index (χ1) is 15.6. The maximum Gasteiger partial charge on any atom is 0.225 e. The van der Waals surface area contributed by atoms with Crippen molar-refractivity contribution in [3.8, 4) is 0 Å². The number of aromatic nitrogens is 5. The standard InChI is InChI=1S/C24H23BrN6O/c1-2-11-31-14-19-22(21-18-13-16(25)7-6-15(18)12-20(21)32)28-24(29-23(19)30-31)27-10-8-17-5-3-4-9-26-17/h3-7,9,13-14,21H,2,8,10-12H2,1H3,(H,27,29,30). The van der Waals surface area contributed by atoms with Crippen LogP contribution in [0.5, 0.6) is 0 Å². The summed E-state index contributed by atoms with van der Waals surface area (Å²) >= 11 is 3.55. The summed E-state index contributed by atoms with van der Waals surface area (Å²) in [5.74, 6) is 0.228. The summed E-state index contributed by atoms with van der Waals surface area (Å²) in [5, 5.41) is 8.79. The van der Waals surface area contributed by atoms with Crippen molar-refractivity contribution in [3.63, 3.8) is 0 Å². The van der Waals surface area contributed by atoms with E-state index in [-0.39, 0.29) is 5.78 Å². The molecule has 0 aliphatic heterocycles. The number of carbonyl (C=O) groups is 1. The van der Waals surface area contributed by atoms with E-state index in [2.05, 4.69) is 43.2 Å². The van der Waals surface area contributed by atoms with Crippen LogP contribution in [0.25, 0.3) is 11.0 Å². The molecule has 1 atom stereocenters. The lowest BCUT2D eigenvalue weighted by Crippen LogP contribution is -2.14. The summed E-state index contributed by atoms with van der Waals surface area (Å²) in [6, 6.07) is 11.9. The molecule has 162 valence electrons. The van der Waals surface area contributed by atoms with Crippen LogP contribution >= 0.6 is 15.9 Å². The van der Waals surface area contributed by atoms with Crippen molar-refractivity contribution >= 4 is 38.7 Å². The molecular weight excluding hydrogens is 468 g/mol. The topological polar surface area (TPSA) is 85.6 Å². The van der Waals surface area contributed by atoms with Crippen LogP contribution in [0.15, 0.2) is 53.3 Å². The van der Waals surface area contributed by atoms with Gasteiger partial charge >= 0.3 is 0 Å². The molecule has 1 aromatic carbocycles. The normalized spacial score (nSPS) is 15.3. The van der Waals surface area contributed by atoms with Gasteiger partial charge in [0, 0.05) is 48.5 Å². The second-order valence-electron chi connectivity index (χ2n) is 7.98. The number of halogens is 1. The SMILES string of the molecule is CCCn1cc2c(C3C(=O)Cc4ccc(Br)cc43)nc(NCCc3ccccn3)nc2n1. The number of anilines is 1. The van der Waals surface area contributed by atoms with E-state index in [1.54, 1.807) is 6.20 Å². The molecule has 3 aromatic heterocycles. The molecule has 0 radical (unpaired) electrons. The molecule has 1 aliphatic rings. The molecule has 0 amide bonds. The van der Waals surface area contributed by atoms with Crippen LogP contribution in [0.1, 0.15) is 41.8 Å². The van der Waals surface area contributed by atoms with E-state index in [0.717, 1.165) is 51.8 Å². The van der Waals surface area contributed by atoms with Gasteiger partial charge in [0.25, 0.3) is 0 Å². The summed E-state index contributed by atoms with van der Waals surface area (Å²) < 4.78 is 2.85. The van der Waals surface area contributed by atoms with E-state index >= 15 is 0 Å². The Morgan fingerprint density at radius 1 is 1.22 bits per heavy atom. The van der Waals surface area contributed by atoms with Crippen LogP contribution in [0.4, 0.5) is 5.95 Å². The van der Waals surface area contributed by atoms with Crippen LogP contribution in [0, 0.1) is 0 Å². The molecule has 0 saturated heterocycles. The molecule has 7 nitrogen and oxygen atoms in total. The highest BCUT2D eigenvalue weighted by Gasteiger charge is 2.35. The Labute approximate surface area is 194 Å². The number of hydrogen-bond donors (Lipinski definition) is 1. The Hall–Kier alpha value is -3.13. The fourth-order valence-electron chi connectivity index (χ4n) is 4.22. The van der Waals surface area contributed by atoms with Crippen molar-refractivity contribution in [1.82, 2.24) is 24.7 Å². The predicted molar refractivity (Wildman–Crippen MR) is 127 cm³/mol. The third-order valence-electron chi connectivity index (χ3n) is 5.68. The molecule has 0 bridgehead atoms. The summed E-state index contributed by atoms with van der Waals surface area (Å²) in [6.07, 6.45) is 5.89. The first kappa shape index (κ1) is 20.8. The van der Waals surface area contributed by atoms with Gasteiger partial charge < -0.3 is 5.32 Å². The predicted octanol–water partition coefficient (Wildman–Crippen LogP) is 4.31. The van der Waals surface area contributed by atoms with Crippen molar-refractivity contribution in [2.24, 2.45) is 0 Å². The minimum Gasteiger partial charge on any atom is -0.354 e. The van der Waals surface area contributed by atoms with Gasteiger partial charge in [-0.25, -0.2) is 4.98 Å². The number of aryl methyl sites for hydroxylation is 1. The van der Waals surface area contributed by atoms with Crippen molar-refractivity contribution in [2.75, 3.05) is 11.9 Å². The highest BCUT2D eigenvalue weighted by atomic mass is 79.9.